The number of nitrogens with zero attached hydrogens (tertiary/aromatic N) is 2. The van der Waals surface area contributed by atoms with E-state index in [0.717, 1.165) is 59.9 Å². The van der Waals surface area contributed by atoms with Crippen molar-refractivity contribution in [2.24, 2.45) is 0 Å². The Balaban J connectivity index is 0.000000216. The van der Waals surface area contributed by atoms with Crippen LogP contribution in [0.5, 0.6) is 0 Å². The van der Waals surface area contributed by atoms with Crippen molar-refractivity contribution in [3.63, 3.8) is 0 Å². The maximum Gasteiger partial charge on any atom is 0.314 e. The van der Waals surface area contributed by atoms with E-state index in [2.05, 4.69) is 5.32 Å². The summed E-state index contributed by atoms with van der Waals surface area (Å²) in [5.74, 6) is -0.946. The molecular formula is C34H31N3O7S2. The van der Waals surface area contributed by atoms with Gasteiger partial charge in [0.25, 0.3) is 0 Å². The summed E-state index contributed by atoms with van der Waals surface area (Å²) in [5.41, 5.74) is 0.676. The van der Waals surface area contributed by atoms with Crippen LogP contribution in [0.1, 0.15) is 49.7 Å². The van der Waals surface area contributed by atoms with E-state index in [4.69, 9.17) is 10.5 Å². The Morgan fingerprint density at radius 2 is 1.09 bits per heavy atom. The molecule has 0 unspecified atom stereocenters. The number of anilines is 1. The molecule has 2 fully saturated rings. The third kappa shape index (κ3) is 7.09. The number of para-hydroxylation sites is 1. The van der Waals surface area contributed by atoms with Crippen molar-refractivity contribution in [2.75, 3.05) is 5.32 Å². The number of carboxylic acid groups (broad SMARTS) is 1. The molecule has 2 N–H and O–H groups in total. The van der Waals surface area contributed by atoms with Crippen LogP contribution >= 0.6 is 0 Å². The minimum absolute atomic E-state index is 0.0487. The second-order valence-electron chi connectivity index (χ2n) is 11.0. The summed E-state index contributed by atoms with van der Waals surface area (Å²) in [6.07, 6.45) is 6.24. The van der Waals surface area contributed by atoms with Gasteiger partial charge in [0.05, 0.1) is 32.8 Å². The first-order chi connectivity index (χ1) is 21.9. The van der Waals surface area contributed by atoms with Crippen LogP contribution in [0.2, 0.25) is 0 Å². The minimum atomic E-state index is -3.65. The summed E-state index contributed by atoms with van der Waals surface area (Å²) in [5, 5.41) is 30.8. The topological polar surface area (TPSA) is 182 Å². The van der Waals surface area contributed by atoms with Crippen molar-refractivity contribution in [3.8, 4) is 12.1 Å². The molecule has 0 bridgehead atoms. The Morgan fingerprint density at radius 1 is 0.674 bits per heavy atom. The van der Waals surface area contributed by atoms with Crippen LogP contribution in [-0.2, 0) is 40.1 Å². The molecule has 2 saturated carbocycles. The second kappa shape index (κ2) is 13.9. The summed E-state index contributed by atoms with van der Waals surface area (Å²) in [6.45, 7) is 0. The summed E-state index contributed by atoms with van der Waals surface area (Å²) in [7, 11) is -7.29. The van der Waals surface area contributed by atoms with E-state index in [9.17, 15) is 31.5 Å². The van der Waals surface area contributed by atoms with Crippen molar-refractivity contribution in [2.45, 2.75) is 59.1 Å². The molecule has 0 heterocycles. The smallest absolute Gasteiger partial charge is 0.314 e. The standard InChI is InChI=1S/C20H18N2O3S.C14H13NO4S/c21-14-5-15-26(24,25)18-10-8-16(9-11-18)20(12-4-13-20)19(23)22-17-6-2-1-3-7-17;15-9-2-10-20(18,19)12-5-3-11(4-6-12)14(13(16)17)7-1-8-14/h1-3,5-11,15H,4,12-13H2,(H,22,23);2-6,10H,1,7-8H2,(H,16,17)/b15-5+;10-2+. The molecule has 10 nitrogen and oxygen atoms in total. The minimum Gasteiger partial charge on any atom is -0.481 e. The predicted molar refractivity (Wildman–Crippen MR) is 171 cm³/mol. The average Bonchev–Trinajstić information content (AvgIpc) is 2.99. The zero-order valence-corrected chi connectivity index (χ0v) is 26.3. The zero-order valence-electron chi connectivity index (χ0n) is 24.7. The van der Waals surface area contributed by atoms with E-state index >= 15 is 0 Å². The number of carbonyl (C=O) groups excluding carboxylic acids is 1. The maximum atomic E-state index is 12.9. The lowest BCUT2D eigenvalue weighted by atomic mass is 9.64. The molecule has 3 aromatic carbocycles. The van der Waals surface area contributed by atoms with E-state index < -0.39 is 36.5 Å². The average molecular weight is 658 g/mol. The number of amides is 1. The Hall–Kier alpha value is -5.04. The molecule has 0 aliphatic heterocycles. The van der Waals surface area contributed by atoms with Gasteiger partial charge in [-0.1, -0.05) is 55.3 Å². The van der Waals surface area contributed by atoms with Crippen molar-refractivity contribution in [1.82, 2.24) is 0 Å². The SMILES string of the molecule is N#C/C=C/S(=O)(=O)c1ccc(C2(C(=O)Nc3ccccc3)CCC2)cc1.N#C/C=C/S(=O)(=O)c1ccc(C2(C(=O)O)CCC2)cc1. The fourth-order valence-corrected chi connectivity index (χ4v) is 7.26. The van der Waals surface area contributed by atoms with Gasteiger partial charge in [-0.15, -0.1) is 0 Å². The number of carbonyl (C=O) groups is 2. The highest BCUT2D eigenvalue weighted by atomic mass is 32.2. The first-order valence-electron chi connectivity index (χ1n) is 14.3. The number of carboxylic acids is 1. The fraction of sp³-hybridized carbons (Fsp3) is 0.235. The number of hydrogen-bond acceptors (Lipinski definition) is 8. The summed E-state index contributed by atoms with van der Waals surface area (Å²) in [4.78, 5) is 24.4. The van der Waals surface area contributed by atoms with E-state index in [1.54, 1.807) is 36.4 Å². The van der Waals surface area contributed by atoms with E-state index in [0.29, 0.717) is 18.4 Å². The molecule has 5 rings (SSSR count). The van der Waals surface area contributed by atoms with Gasteiger partial charge in [0, 0.05) is 28.7 Å². The van der Waals surface area contributed by atoms with Crippen LogP contribution in [0, 0.1) is 22.7 Å². The number of rotatable bonds is 9. The van der Waals surface area contributed by atoms with Crippen molar-refractivity contribution >= 4 is 37.2 Å². The Morgan fingerprint density at radius 3 is 1.43 bits per heavy atom. The molecule has 2 aliphatic carbocycles. The van der Waals surface area contributed by atoms with Gasteiger partial charge in [0.15, 0.2) is 0 Å². The lowest BCUT2D eigenvalue weighted by Crippen LogP contribution is -2.46. The Labute approximate surface area is 268 Å². The van der Waals surface area contributed by atoms with Crippen LogP contribution in [0.15, 0.2) is 112 Å². The van der Waals surface area contributed by atoms with Crippen LogP contribution in [0.25, 0.3) is 0 Å². The quantitative estimate of drug-likeness (QED) is 0.278. The fourth-order valence-electron chi connectivity index (χ4n) is 5.43. The molecule has 0 radical (unpaired) electrons. The van der Waals surface area contributed by atoms with E-state index in [1.165, 1.54) is 24.3 Å². The zero-order chi connectivity index (χ0) is 33.4. The van der Waals surface area contributed by atoms with Crippen LogP contribution in [-0.4, -0.2) is 33.8 Å². The number of aliphatic carboxylic acids is 1. The molecule has 3 aromatic rings. The van der Waals surface area contributed by atoms with Crippen molar-refractivity contribution in [3.05, 3.63) is 113 Å². The molecule has 0 atom stereocenters. The largest absolute Gasteiger partial charge is 0.481 e. The first kappa shape index (κ1) is 33.8. The highest BCUT2D eigenvalue weighted by Gasteiger charge is 2.46. The molecule has 1 amide bonds. The van der Waals surface area contributed by atoms with Gasteiger partial charge in [-0.2, -0.15) is 10.5 Å². The number of nitrogens with one attached hydrogen (secondary N) is 1. The van der Waals surface area contributed by atoms with Crippen LogP contribution < -0.4 is 5.32 Å². The summed E-state index contributed by atoms with van der Waals surface area (Å²) >= 11 is 0. The first-order valence-corrected chi connectivity index (χ1v) is 17.4. The molecule has 0 spiro atoms. The summed E-state index contributed by atoms with van der Waals surface area (Å²) < 4.78 is 47.8. The number of sulfone groups is 2. The molecule has 236 valence electrons. The lowest BCUT2D eigenvalue weighted by molar-refractivity contribution is -0.147. The van der Waals surface area contributed by atoms with Gasteiger partial charge in [-0.25, -0.2) is 16.8 Å². The van der Waals surface area contributed by atoms with Crippen LogP contribution in [0.3, 0.4) is 0 Å². The van der Waals surface area contributed by atoms with E-state index in [1.807, 2.05) is 30.3 Å². The summed E-state index contributed by atoms with van der Waals surface area (Å²) in [6, 6.07) is 24.8. The number of nitriles is 2. The number of benzene rings is 3. The monoisotopic (exact) mass is 657 g/mol. The number of allylic oxidation sites excluding steroid dienone is 2. The molecule has 0 aromatic heterocycles. The van der Waals surface area contributed by atoms with Gasteiger partial charge in [-0.05, 0) is 73.2 Å². The second-order valence-corrected chi connectivity index (χ2v) is 14.7. The van der Waals surface area contributed by atoms with E-state index in [-0.39, 0.29) is 15.7 Å². The molecule has 0 saturated heterocycles. The molecule has 46 heavy (non-hydrogen) atoms. The Kier molecular flexibility index (Phi) is 10.3. The normalized spacial score (nSPS) is 16.5. The molecule has 12 heteroatoms. The van der Waals surface area contributed by atoms with Gasteiger partial charge in [0.2, 0.25) is 25.6 Å². The predicted octanol–water partition coefficient (Wildman–Crippen LogP) is 5.56. The van der Waals surface area contributed by atoms with Crippen molar-refractivity contribution in [1.29, 1.82) is 10.5 Å². The third-order valence-corrected chi connectivity index (χ3v) is 11.3. The van der Waals surface area contributed by atoms with Crippen molar-refractivity contribution < 1.29 is 31.5 Å². The third-order valence-electron chi connectivity index (χ3n) is 8.40. The molecule has 2 aliphatic rings. The highest BCUT2D eigenvalue weighted by molar-refractivity contribution is 7.94. The number of hydrogen-bond donors (Lipinski definition) is 2. The molecular weight excluding hydrogens is 627 g/mol. The Bertz CT molecular complexity index is 1950. The van der Waals surface area contributed by atoms with Gasteiger partial charge in [0.1, 0.15) is 0 Å². The highest BCUT2D eigenvalue weighted by Crippen LogP contribution is 2.45. The van der Waals surface area contributed by atoms with Crippen LogP contribution in [0.4, 0.5) is 5.69 Å². The lowest BCUT2D eigenvalue weighted by Gasteiger charge is -2.40. The maximum absolute atomic E-state index is 12.9. The van der Waals surface area contributed by atoms with Gasteiger partial charge >= 0.3 is 5.97 Å². The van der Waals surface area contributed by atoms with Gasteiger partial charge in [-0.3, -0.25) is 9.59 Å². The van der Waals surface area contributed by atoms with Gasteiger partial charge < -0.3 is 10.4 Å².